The number of carboxylic acids is 2. The lowest BCUT2D eigenvalue weighted by Crippen LogP contribution is -2.49. The summed E-state index contributed by atoms with van der Waals surface area (Å²) in [6, 6.07) is -1.74. The van der Waals surface area contributed by atoms with E-state index in [1.54, 1.807) is 0 Å². The summed E-state index contributed by atoms with van der Waals surface area (Å²) in [7, 11) is 0. The van der Waals surface area contributed by atoms with Crippen molar-refractivity contribution in [3.05, 3.63) is 12.3 Å². The number of amides is 2. The number of aliphatic hydroxyl groups excluding tert-OH is 1. The average Bonchev–Trinajstić information content (AvgIpc) is 2.45. The Morgan fingerprint density at radius 2 is 1.85 bits per heavy atom. The van der Waals surface area contributed by atoms with E-state index in [0.717, 1.165) is 0 Å². The summed E-state index contributed by atoms with van der Waals surface area (Å²) in [5, 5.41) is 36.5. The molecule has 0 bridgehead atoms. The molecule has 0 aromatic carbocycles. The molecule has 0 aromatic heterocycles. The molecule has 2 atom stereocenters. The zero-order valence-electron chi connectivity index (χ0n) is 10.3. The number of nitrogens with zero attached hydrogens (tertiary/aromatic N) is 1. The molecule has 1 heterocycles. The first kappa shape index (κ1) is 15.6. The zero-order valence-corrected chi connectivity index (χ0v) is 10.3. The van der Waals surface area contributed by atoms with Crippen molar-refractivity contribution in [1.29, 1.82) is 0 Å². The molecule has 9 heteroatoms. The SMILES string of the molecule is C=C(O)CC(C(=O)O)N1C(=O)CC(O)(CC(=O)O)C1=O. The fraction of sp³-hybridized carbons (Fsp3) is 0.455. The first-order chi connectivity index (χ1) is 9.08. The second-order valence-corrected chi connectivity index (χ2v) is 4.47. The quantitative estimate of drug-likeness (QED) is 0.353. The van der Waals surface area contributed by atoms with Gasteiger partial charge in [-0.05, 0) is 0 Å². The predicted molar refractivity (Wildman–Crippen MR) is 61.5 cm³/mol. The standard InChI is InChI=1S/C11H13NO8/c1-5(13)2-6(9(17)18)12-7(14)3-11(20,10(12)19)4-8(15)16/h6,13,20H,1-4H2,(H,15,16)(H,17,18). The van der Waals surface area contributed by atoms with Crippen LogP contribution in [0.1, 0.15) is 19.3 Å². The second kappa shape index (κ2) is 5.29. The van der Waals surface area contributed by atoms with Crippen LogP contribution in [-0.4, -0.2) is 60.7 Å². The number of carbonyl (C=O) groups excluding carboxylic acids is 2. The minimum absolute atomic E-state index is 0.257. The molecule has 1 aliphatic heterocycles. The molecule has 0 aromatic rings. The molecule has 1 fully saturated rings. The van der Waals surface area contributed by atoms with Gasteiger partial charge >= 0.3 is 11.9 Å². The van der Waals surface area contributed by atoms with Gasteiger partial charge in [-0.1, -0.05) is 6.58 Å². The van der Waals surface area contributed by atoms with Crippen LogP contribution < -0.4 is 0 Å². The minimum atomic E-state index is -2.46. The van der Waals surface area contributed by atoms with Crippen LogP contribution in [-0.2, 0) is 19.2 Å². The third kappa shape index (κ3) is 2.94. The Hall–Kier alpha value is -2.42. The molecular weight excluding hydrogens is 274 g/mol. The van der Waals surface area contributed by atoms with Crippen molar-refractivity contribution in [2.24, 2.45) is 0 Å². The summed E-state index contributed by atoms with van der Waals surface area (Å²) in [6.07, 6.45) is -2.43. The largest absolute Gasteiger partial charge is 0.513 e. The lowest BCUT2D eigenvalue weighted by molar-refractivity contribution is -0.160. The van der Waals surface area contributed by atoms with Crippen LogP contribution in [0, 0.1) is 0 Å². The highest BCUT2D eigenvalue weighted by molar-refractivity contribution is 6.10. The monoisotopic (exact) mass is 287 g/mol. The Morgan fingerprint density at radius 1 is 1.30 bits per heavy atom. The summed E-state index contributed by atoms with van der Waals surface area (Å²) >= 11 is 0. The van der Waals surface area contributed by atoms with Crippen molar-refractivity contribution in [2.45, 2.75) is 30.9 Å². The van der Waals surface area contributed by atoms with Gasteiger partial charge in [0.25, 0.3) is 5.91 Å². The van der Waals surface area contributed by atoms with Gasteiger partial charge in [0.05, 0.1) is 18.6 Å². The maximum atomic E-state index is 11.9. The normalized spacial score (nSPS) is 23.8. The van der Waals surface area contributed by atoms with Gasteiger partial charge < -0.3 is 20.4 Å². The van der Waals surface area contributed by atoms with Crippen LogP contribution in [0.4, 0.5) is 0 Å². The van der Waals surface area contributed by atoms with E-state index in [1.807, 2.05) is 0 Å². The fourth-order valence-corrected chi connectivity index (χ4v) is 1.96. The Balaban J connectivity index is 3.09. The van der Waals surface area contributed by atoms with Gasteiger partial charge in [0, 0.05) is 6.42 Å². The third-order valence-corrected chi connectivity index (χ3v) is 2.80. The molecule has 4 N–H and O–H groups in total. The predicted octanol–water partition coefficient (Wildman–Crippen LogP) is -1.13. The van der Waals surface area contributed by atoms with E-state index in [-0.39, 0.29) is 4.90 Å². The molecular formula is C11H13NO8. The van der Waals surface area contributed by atoms with E-state index >= 15 is 0 Å². The number of aliphatic hydroxyl groups is 2. The molecule has 0 spiro atoms. The van der Waals surface area contributed by atoms with Crippen LogP contribution in [0.15, 0.2) is 12.3 Å². The van der Waals surface area contributed by atoms with Gasteiger partial charge in [-0.15, -0.1) is 0 Å². The highest BCUT2D eigenvalue weighted by Crippen LogP contribution is 2.30. The maximum absolute atomic E-state index is 11.9. The zero-order chi connectivity index (χ0) is 15.7. The molecule has 2 unspecified atom stereocenters. The Morgan fingerprint density at radius 3 is 2.25 bits per heavy atom. The van der Waals surface area contributed by atoms with Crippen LogP contribution >= 0.6 is 0 Å². The number of carbonyl (C=O) groups is 4. The average molecular weight is 287 g/mol. The van der Waals surface area contributed by atoms with Crippen molar-refractivity contribution in [2.75, 3.05) is 0 Å². The Kier molecular flexibility index (Phi) is 4.14. The molecule has 0 radical (unpaired) electrons. The van der Waals surface area contributed by atoms with Crippen molar-refractivity contribution in [3.63, 3.8) is 0 Å². The van der Waals surface area contributed by atoms with Crippen molar-refractivity contribution in [3.8, 4) is 0 Å². The number of carboxylic acid groups (broad SMARTS) is 2. The van der Waals surface area contributed by atoms with E-state index in [1.165, 1.54) is 0 Å². The van der Waals surface area contributed by atoms with Gasteiger partial charge in [-0.3, -0.25) is 19.3 Å². The number of hydrogen-bond acceptors (Lipinski definition) is 6. The van der Waals surface area contributed by atoms with Gasteiger partial charge in [0.1, 0.15) is 6.04 Å². The minimum Gasteiger partial charge on any atom is -0.513 e. The molecule has 1 aliphatic rings. The Bertz CT molecular complexity index is 499. The Labute approximate surface area is 112 Å². The van der Waals surface area contributed by atoms with E-state index in [4.69, 9.17) is 15.3 Å². The van der Waals surface area contributed by atoms with Crippen LogP contribution in [0.3, 0.4) is 0 Å². The van der Waals surface area contributed by atoms with E-state index in [2.05, 4.69) is 6.58 Å². The van der Waals surface area contributed by atoms with Crippen LogP contribution in [0.5, 0.6) is 0 Å². The van der Waals surface area contributed by atoms with Crippen LogP contribution in [0.25, 0.3) is 0 Å². The van der Waals surface area contributed by atoms with Crippen molar-refractivity contribution in [1.82, 2.24) is 4.90 Å². The third-order valence-electron chi connectivity index (χ3n) is 2.80. The molecule has 9 nitrogen and oxygen atoms in total. The van der Waals surface area contributed by atoms with E-state index < -0.39 is 60.4 Å². The second-order valence-electron chi connectivity index (χ2n) is 4.47. The highest BCUT2D eigenvalue weighted by atomic mass is 16.4. The molecule has 0 saturated carbocycles. The molecule has 110 valence electrons. The topological polar surface area (TPSA) is 152 Å². The first-order valence-corrected chi connectivity index (χ1v) is 5.48. The van der Waals surface area contributed by atoms with Gasteiger partial charge in [0.2, 0.25) is 5.91 Å². The summed E-state index contributed by atoms with van der Waals surface area (Å²) in [6.45, 7) is 3.07. The summed E-state index contributed by atoms with van der Waals surface area (Å²) in [5.74, 6) is -5.98. The number of likely N-dealkylation sites (tertiary alicyclic amines) is 1. The van der Waals surface area contributed by atoms with Crippen molar-refractivity contribution < 1.29 is 39.6 Å². The van der Waals surface area contributed by atoms with Gasteiger partial charge in [-0.2, -0.15) is 0 Å². The summed E-state index contributed by atoms with van der Waals surface area (Å²) in [4.78, 5) is 45.5. The number of aliphatic carboxylic acids is 2. The first-order valence-electron chi connectivity index (χ1n) is 5.48. The van der Waals surface area contributed by atoms with E-state index in [9.17, 15) is 24.3 Å². The number of hydrogen-bond donors (Lipinski definition) is 4. The maximum Gasteiger partial charge on any atom is 0.327 e. The van der Waals surface area contributed by atoms with E-state index in [0.29, 0.717) is 0 Å². The molecule has 2 amide bonds. The van der Waals surface area contributed by atoms with Gasteiger partial charge in [0.15, 0.2) is 5.60 Å². The molecule has 0 aliphatic carbocycles. The molecule has 20 heavy (non-hydrogen) atoms. The number of rotatable bonds is 6. The fourth-order valence-electron chi connectivity index (χ4n) is 1.96. The summed E-state index contributed by atoms with van der Waals surface area (Å²) in [5.41, 5.74) is -2.46. The molecule has 1 saturated heterocycles. The summed E-state index contributed by atoms with van der Waals surface area (Å²) < 4.78 is 0. The van der Waals surface area contributed by atoms with Crippen LogP contribution in [0.2, 0.25) is 0 Å². The molecule has 1 rings (SSSR count). The lowest BCUT2D eigenvalue weighted by atomic mass is 9.98. The van der Waals surface area contributed by atoms with Crippen molar-refractivity contribution >= 4 is 23.8 Å². The lowest BCUT2D eigenvalue weighted by Gasteiger charge is -2.24. The highest BCUT2D eigenvalue weighted by Gasteiger charge is 2.55. The smallest absolute Gasteiger partial charge is 0.327 e. The number of imide groups is 1. The van der Waals surface area contributed by atoms with Gasteiger partial charge in [-0.25, -0.2) is 4.79 Å².